The number of hydrogen-bond donors (Lipinski definition) is 0. The summed E-state index contributed by atoms with van der Waals surface area (Å²) in [5.41, 5.74) is 1.50. The molecule has 0 aromatic heterocycles. The zero-order chi connectivity index (χ0) is 77.8. The van der Waals surface area contributed by atoms with Gasteiger partial charge in [0.25, 0.3) is 0 Å². The summed E-state index contributed by atoms with van der Waals surface area (Å²) in [6, 6.07) is 0.656. The molecule has 7 saturated heterocycles. The van der Waals surface area contributed by atoms with Crippen LogP contribution in [0.25, 0.3) is 0 Å². The van der Waals surface area contributed by atoms with Crippen molar-refractivity contribution in [2.45, 2.75) is 318 Å². The van der Waals surface area contributed by atoms with E-state index in [2.05, 4.69) is 102 Å². The number of cyclic esters (lactones) is 2. The average molecular weight is 1530 g/mol. The molecule has 0 N–H and O–H groups in total. The lowest BCUT2D eigenvalue weighted by molar-refractivity contribution is -0.314. The van der Waals surface area contributed by atoms with Crippen LogP contribution in [-0.4, -0.2) is 251 Å². The lowest BCUT2D eigenvalue weighted by Crippen LogP contribution is -2.59. The average Bonchev–Trinajstić information content (AvgIpc) is 1.54. The fourth-order valence-electron chi connectivity index (χ4n) is 21.8. The third kappa shape index (κ3) is 18.7. The van der Waals surface area contributed by atoms with Crippen LogP contribution in [0, 0.1) is 71.0 Å². The Morgan fingerprint density at radius 3 is 1.36 bits per heavy atom. The molecule has 614 valence electrons. The second kappa shape index (κ2) is 37.9. The molecule has 7 aliphatic heterocycles. The van der Waals surface area contributed by atoms with Crippen LogP contribution in [-0.2, 0) is 99.7 Å². The number of esters is 2. The molecular formula is C86H134N2O21. The molecule has 6 aliphatic carbocycles. The van der Waals surface area contributed by atoms with E-state index in [0.717, 1.165) is 88.2 Å². The van der Waals surface area contributed by atoms with Gasteiger partial charge in [-0.3, -0.25) is 19.2 Å². The summed E-state index contributed by atoms with van der Waals surface area (Å²) in [5.74, 6) is -0.327. The first-order valence-corrected chi connectivity index (χ1v) is 41.8. The van der Waals surface area contributed by atoms with Crippen LogP contribution < -0.4 is 0 Å². The molecule has 13 aliphatic rings. The molecule has 14 unspecified atom stereocenters. The number of fused-ring (bicyclic) bond motifs is 13. The molecule has 23 heteroatoms. The van der Waals surface area contributed by atoms with Gasteiger partial charge in [0, 0.05) is 84.3 Å². The van der Waals surface area contributed by atoms with Crippen LogP contribution in [0.15, 0.2) is 59.8 Å². The van der Waals surface area contributed by atoms with Gasteiger partial charge in [0.15, 0.2) is 36.7 Å². The fourth-order valence-corrected chi connectivity index (χ4v) is 21.8. The van der Waals surface area contributed by atoms with E-state index in [1.54, 1.807) is 42.7 Å². The first-order chi connectivity index (χ1) is 52.4. The minimum absolute atomic E-state index is 0.00447. The highest BCUT2D eigenvalue weighted by Gasteiger charge is 2.67. The topological polar surface area (TPSA) is 235 Å². The number of rotatable bonds is 20. The fraction of sp³-hybridized carbons (Fsp3) is 0.837. The molecule has 13 rings (SSSR count). The number of likely N-dealkylation sites (N-methyl/N-ethyl adjacent to an activating group) is 2. The number of methoxy groups -OCH3 is 6. The summed E-state index contributed by atoms with van der Waals surface area (Å²) < 4.78 is 106. The Kier molecular flexibility index (Phi) is 29.5. The first-order valence-electron chi connectivity index (χ1n) is 41.8. The van der Waals surface area contributed by atoms with Gasteiger partial charge in [0.05, 0.1) is 73.9 Å². The summed E-state index contributed by atoms with van der Waals surface area (Å²) in [4.78, 5) is 61.4. The van der Waals surface area contributed by atoms with Gasteiger partial charge >= 0.3 is 11.9 Å². The van der Waals surface area contributed by atoms with Crippen LogP contribution >= 0.6 is 0 Å². The molecule has 36 atom stereocenters. The SMILES string of the molecule is CC/C=C/[C@H]1CCC[C@H](OC2CC[C@H](N(C)C)[C@@H](C)O2)[C@@H](C)C(=O)C2=CC3C(C=CC4C[C@@H](O[C@@H]5O[C@@H](C)[C@H](OC)[C@@H](OC)[C@H]5OC)CC43)C2CC(=O)O1.CC/C=C/[C@H]1CCC[C@H](OC2CC[C@H](N(C)C)[C@@H](C)O2)[C@@H](C)C(=O)C2=CC3C4C[C@H](O[C@@H]5O[C@@H](C)[C@H](OC)[C@@H](OC)[C@H]5OC)CC4C4OC4C3C2CC(=O)O1. The summed E-state index contributed by atoms with van der Waals surface area (Å²) in [5, 5.41) is 0. The number of nitrogens with zero attached hydrogens (tertiary/aromatic N) is 2. The van der Waals surface area contributed by atoms with Gasteiger partial charge in [-0.2, -0.15) is 0 Å². The highest BCUT2D eigenvalue weighted by molar-refractivity contribution is 6.00. The zero-order valence-corrected chi connectivity index (χ0v) is 68.6. The van der Waals surface area contributed by atoms with Crippen LogP contribution in [0.3, 0.4) is 0 Å². The summed E-state index contributed by atoms with van der Waals surface area (Å²) >= 11 is 0. The van der Waals surface area contributed by atoms with E-state index >= 15 is 0 Å². The van der Waals surface area contributed by atoms with Crippen molar-refractivity contribution < 1.29 is 99.7 Å². The monoisotopic (exact) mass is 1530 g/mol. The van der Waals surface area contributed by atoms with Crippen molar-refractivity contribution in [1.29, 1.82) is 0 Å². The van der Waals surface area contributed by atoms with Crippen LogP contribution in [0.1, 0.15) is 171 Å². The number of Topliss-reactive ketones (excluding diaryl/α,β-unsaturated/α-hetero) is 2. The third-order valence-electron chi connectivity index (χ3n) is 27.4. The van der Waals surface area contributed by atoms with E-state index in [9.17, 15) is 19.2 Å². The lowest BCUT2D eigenvalue weighted by Gasteiger charge is -2.44. The van der Waals surface area contributed by atoms with Crippen LogP contribution in [0.5, 0.6) is 0 Å². The van der Waals surface area contributed by atoms with Crippen molar-refractivity contribution >= 4 is 23.5 Å². The van der Waals surface area contributed by atoms with Crippen molar-refractivity contribution in [3.8, 4) is 0 Å². The second-order valence-corrected chi connectivity index (χ2v) is 34.4. The second-order valence-electron chi connectivity index (χ2n) is 34.4. The lowest BCUT2D eigenvalue weighted by atomic mass is 9.66. The van der Waals surface area contributed by atoms with Crippen LogP contribution in [0.4, 0.5) is 0 Å². The molecular weight excluding hydrogens is 1400 g/mol. The predicted octanol–water partition coefficient (Wildman–Crippen LogP) is 11.3. The molecule has 23 nitrogen and oxygen atoms in total. The van der Waals surface area contributed by atoms with Crippen molar-refractivity contribution in [1.82, 2.24) is 9.80 Å². The van der Waals surface area contributed by atoms with Crippen molar-refractivity contribution in [3.05, 3.63) is 59.8 Å². The van der Waals surface area contributed by atoms with E-state index < -0.39 is 30.7 Å². The summed E-state index contributed by atoms with van der Waals surface area (Å²) in [7, 11) is 18.3. The minimum Gasteiger partial charge on any atom is -0.458 e. The van der Waals surface area contributed by atoms with E-state index in [-0.39, 0.29) is 212 Å². The smallest absolute Gasteiger partial charge is 0.307 e. The zero-order valence-electron chi connectivity index (χ0n) is 68.6. The van der Waals surface area contributed by atoms with Gasteiger partial charge in [-0.25, -0.2) is 0 Å². The largest absolute Gasteiger partial charge is 0.458 e. The van der Waals surface area contributed by atoms with Gasteiger partial charge < -0.3 is 90.3 Å². The molecule has 0 spiro atoms. The Hall–Kier alpha value is -3.70. The number of allylic oxidation sites excluding steroid dienone is 8. The first kappa shape index (κ1) is 84.7. The molecule has 3 saturated carbocycles. The highest BCUT2D eigenvalue weighted by Crippen LogP contribution is 2.63. The maximum Gasteiger partial charge on any atom is 0.307 e. The Bertz CT molecular complexity index is 3180. The molecule has 0 aromatic rings. The molecule has 109 heavy (non-hydrogen) atoms. The third-order valence-corrected chi connectivity index (χ3v) is 27.4. The van der Waals surface area contributed by atoms with Gasteiger partial charge in [-0.15, -0.1) is 0 Å². The maximum atomic E-state index is 14.8. The Labute approximate surface area is 649 Å². The van der Waals surface area contributed by atoms with E-state index in [1.807, 2.05) is 39.8 Å². The van der Waals surface area contributed by atoms with E-state index in [4.69, 9.17) is 80.5 Å². The number of ether oxygens (including phenoxy) is 17. The number of carbonyl (C=O) groups excluding carboxylic acids is 4. The molecule has 0 amide bonds. The maximum absolute atomic E-state index is 14.8. The summed E-state index contributed by atoms with van der Waals surface area (Å²) in [6.07, 6.45) is 24.5. The minimum atomic E-state index is -0.612. The predicted molar refractivity (Wildman–Crippen MR) is 406 cm³/mol. The molecule has 0 aromatic carbocycles. The number of hydrogen-bond acceptors (Lipinski definition) is 23. The molecule has 0 radical (unpaired) electrons. The number of epoxide rings is 1. The highest BCUT2D eigenvalue weighted by atomic mass is 16.7. The number of ketones is 2. The van der Waals surface area contributed by atoms with Crippen LogP contribution in [0.2, 0.25) is 0 Å². The summed E-state index contributed by atoms with van der Waals surface area (Å²) in [6.45, 7) is 16.3. The quantitative estimate of drug-likeness (QED) is 0.0626. The standard InChI is InChI=1S/C43H67NO11.C43H67NO10/c1-10-11-13-25-14-12-15-33(54-35-17-16-32(44(5)6)23(3)50-35)22(2)37(46)30-20-28-27-18-26(53-43-42(49-9)41(48-8)38(47-7)24(4)51-43)19-31(27)39-40(55-39)36(28)29(30)21-34(45)52-25;1-10-11-13-28-14-12-15-36(54-38-19-18-35(44(5)6)25(3)50-38)24(2)39(46)34-22-32-30(33(34)23-37(45)52-28)17-16-27-20-29(21-31(27)32)53-43-42(49-9)41(48-8)40(47-7)26(4)51-43/h11,13,20,22-29,31-33,35-36,38-43H,10,12,14-19,21H2,1-9H3;11,13,16-17,22,24-33,35-36,38,40-43H,10,12,14-15,18-21,23H2,1-9H3/b2*13-11+/t22-,23-,24+,25+,26+,27?,28?,29?,31?,32+,33+,35?,36?,38+,39?,40?,41-,42-,43+;24-,25-,26+,27?,28+,29-,30?,31?,32?,33?,35+,36+,38?,40+,41-,42-,43+/m11/s1. The van der Waals surface area contributed by atoms with Crippen molar-refractivity contribution in [2.75, 3.05) is 70.8 Å². The van der Waals surface area contributed by atoms with Gasteiger partial charge in [-0.05, 0) is 223 Å². The molecule has 7 heterocycles. The van der Waals surface area contributed by atoms with Gasteiger partial charge in [-0.1, -0.05) is 64.2 Å². The normalized spacial score (nSPS) is 46.1. The van der Waals surface area contributed by atoms with E-state index in [0.29, 0.717) is 37.8 Å². The Morgan fingerprint density at radius 2 is 0.890 bits per heavy atom. The van der Waals surface area contributed by atoms with Crippen molar-refractivity contribution in [3.63, 3.8) is 0 Å². The molecule has 10 fully saturated rings. The molecule has 0 bridgehead atoms. The number of carbonyl (C=O) groups is 4. The Morgan fingerprint density at radius 1 is 0.440 bits per heavy atom. The van der Waals surface area contributed by atoms with E-state index in [1.165, 1.54) is 0 Å². The van der Waals surface area contributed by atoms with Crippen molar-refractivity contribution in [2.24, 2.45) is 71.0 Å². The van der Waals surface area contributed by atoms with Gasteiger partial charge in [0.2, 0.25) is 0 Å². The Balaban J connectivity index is 0.000000203. The van der Waals surface area contributed by atoms with Gasteiger partial charge in [0.1, 0.15) is 48.8 Å².